The normalized spacial score (nSPS) is 23.5. The van der Waals surface area contributed by atoms with Crippen LogP contribution in [0.5, 0.6) is 5.75 Å². The Morgan fingerprint density at radius 3 is 2.33 bits per heavy atom. The largest absolute Gasteiger partial charge is 0.573 e. The molecule has 0 spiro atoms. The van der Waals surface area contributed by atoms with Crippen LogP contribution in [0.2, 0.25) is 0 Å². The lowest BCUT2D eigenvalue weighted by Gasteiger charge is -2.42. The van der Waals surface area contributed by atoms with Gasteiger partial charge in [0.05, 0.1) is 24.2 Å². The number of anilines is 1. The Bertz CT molecular complexity index is 2470. The van der Waals surface area contributed by atoms with E-state index in [4.69, 9.17) is 14.5 Å². The number of nitrogens with zero attached hydrogens (tertiary/aromatic N) is 5. The van der Waals surface area contributed by atoms with Crippen molar-refractivity contribution in [3.63, 3.8) is 0 Å². The molecule has 0 bridgehead atoms. The summed E-state index contributed by atoms with van der Waals surface area (Å²) in [5.74, 6) is 0.407. The Balaban J connectivity index is 0.880. The molecule has 4 aliphatic heterocycles. The number of amides is 5. The van der Waals surface area contributed by atoms with Gasteiger partial charge in [0.15, 0.2) is 0 Å². The number of alkyl carbamates (subject to hydrolysis) is 1. The number of likely N-dealkylation sites (tertiary alicyclic amines) is 2. The Labute approximate surface area is 381 Å². The fourth-order valence-corrected chi connectivity index (χ4v) is 10.6. The molecule has 0 unspecified atom stereocenters. The minimum absolute atomic E-state index is 0.106. The average Bonchev–Trinajstić information content (AvgIpc) is 3.56. The topological polar surface area (TPSA) is 162 Å². The summed E-state index contributed by atoms with van der Waals surface area (Å²) in [7, 11) is 1.27. The first-order chi connectivity index (χ1) is 31.5. The van der Waals surface area contributed by atoms with Crippen molar-refractivity contribution in [2.75, 3.05) is 71.5 Å². The Morgan fingerprint density at radius 2 is 1.65 bits per heavy atom. The van der Waals surface area contributed by atoms with Crippen molar-refractivity contribution in [1.29, 1.82) is 0 Å². The first kappa shape index (κ1) is 45.5. The van der Waals surface area contributed by atoms with E-state index in [-0.39, 0.29) is 52.3 Å². The highest BCUT2D eigenvalue weighted by atomic mass is 19.4. The maximum atomic E-state index is 14.3. The van der Waals surface area contributed by atoms with Crippen molar-refractivity contribution in [3.8, 4) is 16.9 Å². The van der Waals surface area contributed by atoms with Gasteiger partial charge in [-0.2, -0.15) is 0 Å². The minimum Gasteiger partial charge on any atom is -0.453 e. The summed E-state index contributed by atoms with van der Waals surface area (Å²) in [6.07, 6.45) is -1.02. The van der Waals surface area contributed by atoms with E-state index in [1.807, 2.05) is 23.1 Å². The number of hydrogen-bond donors (Lipinski definition) is 3. The number of rotatable bonds is 9. The molecular weight excluding hydrogens is 858 g/mol. The molecule has 18 heteroatoms. The summed E-state index contributed by atoms with van der Waals surface area (Å²) in [4.78, 5) is 69.3. The van der Waals surface area contributed by atoms with Gasteiger partial charge in [-0.15, -0.1) is 13.2 Å². The van der Waals surface area contributed by atoms with Crippen LogP contribution < -0.4 is 15.4 Å². The van der Waals surface area contributed by atoms with Crippen LogP contribution in [0.15, 0.2) is 48.5 Å². The smallest absolute Gasteiger partial charge is 0.453 e. The maximum absolute atomic E-state index is 14.3. The summed E-state index contributed by atoms with van der Waals surface area (Å²) >= 11 is 0. The van der Waals surface area contributed by atoms with Gasteiger partial charge < -0.3 is 44.5 Å². The number of piperidine rings is 1. The molecule has 0 radical (unpaired) electrons. The number of nitrogens with one attached hydrogen (secondary N) is 3. The standard InChI is InChI=1S/C48H59F3N8O7/c1-28-23-38(59(27-28)44(61)40(55-46(63)64-4)29-13-21-65-22-14-29)42-53-37-10-6-31-24-30(5-8-35(31)41(37)54-42)34-9-7-32(25-39(34)66-48(49,50)51)52-45(62)58-19-17-56(18-20-58)33-11-15-57(16-12-33)43(60)36-26-47(36,2)3/h5-10,24-25,28-29,33,36,38,40H,11-23,26-27H2,1-4H3,(H,52,62)(H,53,54)(H,55,63)/t28-,36+,38-,40+/m0/s1. The van der Waals surface area contributed by atoms with Crippen molar-refractivity contribution in [2.45, 2.75) is 83.8 Å². The number of methoxy groups -OCH3 is 1. The van der Waals surface area contributed by atoms with Gasteiger partial charge >= 0.3 is 18.5 Å². The molecule has 3 aromatic carbocycles. The number of piperazine rings is 1. The van der Waals surface area contributed by atoms with Crippen molar-refractivity contribution in [3.05, 3.63) is 54.4 Å². The maximum Gasteiger partial charge on any atom is 0.573 e. The zero-order chi connectivity index (χ0) is 46.5. The van der Waals surface area contributed by atoms with E-state index >= 15 is 0 Å². The number of aromatic amines is 1. The predicted molar refractivity (Wildman–Crippen MR) is 240 cm³/mol. The molecule has 1 saturated carbocycles. The summed E-state index contributed by atoms with van der Waals surface area (Å²) < 4.78 is 56.7. The highest BCUT2D eigenvalue weighted by Gasteiger charge is 2.52. The Kier molecular flexibility index (Phi) is 12.6. The van der Waals surface area contributed by atoms with Gasteiger partial charge in [0.1, 0.15) is 17.6 Å². The van der Waals surface area contributed by atoms with Crippen molar-refractivity contribution < 1.29 is 46.6 Å². The van der Waals surface area contributed by atoms with Crippen LogP contribution in [0.1, 0.15) is 71.2 Å². The highest BCUT2D eigenvalue weighted by molar-refractivity contribution is 6.05. The third kappa shape index (κ3) is 9.62. The predicted octanol–water partition coefficient (Wildman–Crippen LogP) is 7.53. The first-order valence-corrected chi connectivity index (χ1v) is 23.2. The second-order valence-electron chi connectivity index (χ2n) is 19.4. The zero-order valence-corrected chi connectivity index (χ0v) is 37.9. The number of H-pyrrole nitrogens is 1. The van der Waals surface area contributed by atoms with Gasteiger partial charge in [-0.3, -0.25) is 14.5 Å². The summed E-state index contributed by atoms with van der Waals surface area (Å²) in [6.45, 7) is 11.6. The van der Waals surface area contributed by atoms with Crippen LogP contribution in [0, 0.1) is 23.2 Å². The van der Waals surface area contributed by atoms with Crippen LogP contribution >= 0.6 is 0 Å². The van der Waals surface area contributed by atoms with E-state index in [1.165, 1.54) is 19.2 Å². The number of ether oxygens (including phenoxy) is 3. The van der Waals surface area contributed by atoms with E-state index in [1.54, 1.807) is 28.0 Å². The monoisotopic (exact) mass is 916 g/mol. The number of fused-ring (bicyclic) bond motifs is 3. The lowest BCUT2D eigenvalue weighted by atomic mass is 9.90. The molecule has 66 heavy (non-hydrogen) atoms. The number of carbonyl (C=O) groups excluding carboxylic acids is 4. The molecular formula is C48H59F3N8O7. The van der Waals surface area contributed by atoms with Crippen molar-refractivity contribution in [2.24, 2.45) is 23.2 Å². The number of hydrogen-bond acceptors (Lipinski definition) is 9. The highest BCUT2D eigenvalue weighted by Crippen LogP contribution is 2.52. The molecule has 4 atom stereocenters. The number of carbonyl (C=O) groups is 4. The van der Waals surface area contributed by atoms with E-state index in [9.17, 15) is 32.3 Å². The van der Waals surface area contributed by atoms with Crippen LogP contribution in [0.4, 0.5) is 28.4 Å². The second kappa shape index (κ2) is 18.2. The molecule has 1 aromatic heterocycles. The second-order valence-corrected chi connectivity index (χ2v) is 19.4. The van der Waals surface area contributed by atoms with Gasteiger partial charge in [0.2, 0.25) is 11.8 Å². The molecule has 5 heterocycles. The van der Waals surface area contributed by atoms with Crippen molar-refractivity contribution in [1.82, 2.24) is 34.9 Å². The molecule has 15 nitrogen and oxygen atoms in total. The van der Waals surface area contributed by atoms with Gasteiger partial charge in [-0.1, -0.05) is 39.0 Å². The number of urea groups is 1. The Hall–Kier alpha value is -5.62. The fourth-order valence-electron chi connectivity index (χ4n) is 10.6. The lowest BCUT2D eigenvalue weighted by Crippen LogP contribution is -2.55. The van der Waals surface area contributed by atoms with Crippen LogP contribution in [0.3, 0.4) is 0 Å². The third-order valence-electron chi connectivity index (χ3n) is 14.5. The van der Waals surface area contributed by atoms with Crippen LogP contribution in [-0.2, 0) is 19.1 Å². The van der Waals surface area contributed by atoms with Crippen LogP contribution in [-0.4, -0.2) is 138 Å². The number of benzene rings is 3. The number of halogens is 3. The summed E-state index contributed by atoms with van der Waals surface area (Å²) in [5.41, 5.74) is 2.31. The van der Waals surface area contributed by atoms with Gasteiger partial charge in [-0.05, 0) is 91.0 Å². The minimum atomic E-state index is -4.99. The summed E-state index contributed by atoms with van der Waals surface area (Å²) in [5, 5.41) is 7.06. The van der Waals surface area contributed by atoms with Crippen molar-refractivity contribution >= 4 is 51.4 Å². The van der Waals surface area contributed by atoms with Gasteiger partial charge in [0.25, 0.3) is 0 Å². The fraction of sp³-hybridized carbons (Fsp3) is 0.562. The molecule has 4 aromatic rings. The molecule has 354 valence electrons. The van der Waals surface area contributed by atoms with Crippen LogP contribution in [0.25, 0.3) is 32.9 Å². The van der Waals surface area contributed by atoms with Gasteiger partial charge in [0, 0.05) is 93.7 Å². The molecule has 5 fully saturated rings. The molecule has 4 saturated heterocycles. The molecule has 9 rings (SSSR count). The van der Waals surface area contributed by atoms with E-state index in [0.717, 1.165) is 48.6 Å². The number of aromatic nitrogens is 2. The third-order valence-corrected chi connectivity index (χ3v) is 14.5. The molecule has 3 N–H and O–H groups in total. The number of alkyl halides is 3. The average molecular weight is 917 g/mol. The quantitative estimate of drug-likeness (QED) is 0.154. The van der Waals surface area contributed by atoms with E-state index < -0.39 is 30.3 Å². The molecule has 5 aliphatic rings. The Morgan fingerprint density at radius 1 is 0.924 bits per heavy atom. The SMILES string of the molecule is COC(=O)N[C@@H](C(=O)N1C[C@@H](C)C[C@H]1c1nc2c(ccc3cc(-c4ccc(NC(=O)N5CCN(C6CCN(C(=O)[C@H]7CC7(C)C)CC6)CC5)cc4OC(F)(F)F)ccc32)[nH]1)C1CCOCC1. The van der Waals surface area contributed by atoms with Gasteiger partial charge in [-0.25, -0.2) is 14.6 Å². The van der Waals surface area contributed by atoms with E-state index in [0.29, 0.717) is 88.1 Å². The molecule has 1 aliphatic carbocycles. The zero-order valence-electron chi connectivity index (χ0n) is 37.9. The number of imidazole rings is 1. The molecule has 5 amide bonds. The first-order valence-electron chi connectivity index (χ1n) is 23.2. The van der Waals surface area contributed by atoms with E-state index in [2.05, 4.69) is 46.0 Å². The lowest BCUT2D eigenvalue weighted by molar-refractivity contribution is -0.274. The summed E-state index contributed by atoms with van der Waals surface area (Å²) in [6, 6.07) is 12.1.